The number of nitrogens with one attached hydrogen (secondary N) is 2. The zero-order valence-corrected chi connectivity index (χ0v) is 12.7. The van der Waals surface area contributed by atoms with E-state index in [1.807, 2.05) is 0 Å². The van der Waals surface area contributed by atoms with Crippen molar-refractivity contribution in [3.8, 4) is 0 Å². The molecule has 20 heavy (non-hydrogen) atoms. The molecule has 0 atom stereocenters. The second-order valence-electron chi connectivity index (χ2n) is 4.82. The number of hydrogen-bond donors (Lipinski definition) is 3. The highest BCUT2D eigenvalue weighted by atomic mass is 35.5. The van der Waals surface area contributed by atoms with E-state index in [-0.39, 0.29) is 37.3 Å². The average molecular weight is 308 g/mol. The average Bonchev–Trinajstić information content (AvgIpc) is 2.45. The smallest absolute Gasteiger partial charge is 0.239 e. The van der Waals surface area contributed by atoms with Crippen molar-refractivity contribution in [3.05, 3.63) is 0 Å². The molecule has 0 radical (unpaired) electrons. The van der Waals surface area contributed by atoms with Crippen LogP contribution < -0.4 is 16.4 Å². The van der Waals surface area contributed by atoms with Gasteiger partial charge in [-0.3, -0.25) is 9.59 Å². The van der Waals surface area contributed by atoms with E-state index in [1.54, 1.807) is 0 Å². The first kappa shape index (κ1) is 19.1. The fourth-order valence-corrected chi connectivity index (χ4v) is 2.10. The maximum atomic E-state index is 11.3. The minimum absolute atomic E-state index is 0. The number of carbonyl (C=O) groups excluding carboxylic acids is 2. The monoisotopic (exact) mass is 307 g/mol. The molecule has 0 unspecified atom stereocenters. The Morgan fingerprint density at radius 2 is 1.80 bits per heavy atom. The van der Waals surface area contributed by atoms with Crippen molar-refractivity contribution in [3.63, 3.8) is 0 Å². The molecule has 1 aliphatic rings. The summed E-state index contributed by atoms with van der Waals surface area (Å²) >= 11 is 0. The Bertz CT molecular complexity index is 284. The van der Waals surface area contributed by atoms with Crippen molar-refractivity contribution in [1.29, 1.82) is 0 Å². The quantitative estimate of drug-likeness (QED) is 0.564. The van der Waals surface area contributed by atoms with Crippen LogP contribution in [0, 0.1) is 0 Å². The topological polar surface area (TPSA) is 93.5 Å². The highest BCUT2D eigenvalue weighted by Crippen LogP contribution is 2.20. The summed E-state index contributed by atoms with van der Waals surface area (Å²) in [4.78, 5) is 22.2. The van der Waals surface area contributed by atoms with Gasteiger partial charge >= 0.3 is 0 Å². The number of amides is 2. The summed E-state index contributed by atoms with van der Waals surface area (Å²) in [6, 6.07) is 0. The van der Waals surface area contributed by atoms with Gasteiger partial charge in [-0.1, -0.05) is 19.3 Å². The zero-order valence-electron chi connectivity index (χ0n) is 11.9. The fourth-order valence-electron chi connectivity index (χ4n) is 2.10. The van der Waals surface area contributed by atoms with E-state index < -0.39 is 0 Å². The summed E-state index contributed by atoms with van der Waals surface area (Å²) in [6.07, 6.45) is 7.39. The molecule has 0 aromatic heterocycles. The van der Waals surface area contributed by atoms with E-state index in [2.05, 4.69) is 10.6 Å². The van der Waals surface area contributed by atoms with Gasteiger partial charge in [-0.15, -0.1) is 12.4 Å². The summed E-state index contributed by atoms with van der Waals surface area (Å²) in [5, 5.41) is 5.14. The molecule has 1 saturated carbocycles. The van der Waals surface area contributed by atoms with Gasteiger partial charge in [0.05, 0.1) is 19.2 Å². The van der Waals surface area contributed by atoms with E-state index in [0.29, 0.717) is 19.3 Å². The van der Waals surface area contributed by atoms with Crippen LogP contribution in [0.5, 0.6) is 0 Å². The Labute approximate surface area is 126 Å². The lowest BCUT2D eigenvalue weighted by Crippen LogP contribution is -2.39. The Morgan fingerprint density at radius 3 is 2.45 bits per heavy atom. The largest absolute Gasteiger partial charge is 0.378 e. The van der Waals surface area contributed by atoms with Crippen LogP contribution in [0.1, 0.15) is 38.5 Å². The summed E-state index contributed by atoms with van der Waals surface area (Å²) in [5.74, 6) is -0.518. The molecular weight excluding hydrogens is 282 g/mol. The van der Waals surface area contributed by atoms with Crippen LogP contribution in [0.4, 0.5) is 0 Å². The number of halogens is 1. The SMILES string of the molecule is Cl.NCC(=O)NCC(=O)NCCCOC1CCCCC1. The molecule has 0 bridgehead atoms. The molecule has 4 N–H and O–H groups in total. The van der Waals surface area contributed by atoms with Crippen molar-refractivity contribution in [2.24, 2.45) is 5.73 Å². The first-order valence-corrected chi connectivity index (χ1v) is 7.07. The van der Waals surface area contributed by atoms with E-state index in [0.717, 1.165) is 19.3 Å². The van der Waals surface area contributed by atoms with Crippen LogP contribution in [0.15, 0.2) is 0 Å². The lowest BCUT2D eigenvalue weighted by Gasteiger charge is -2.21. The van der Waals surface area contributed by atoms with Crippen LogP contribution in [-0.4, -0.2) is 44.2 Å². The van der Waals surface area contributed by atoms with Crippen LogP contribution in [0.3, 0.4) is 0 Å². The van der Waals surface area contributed by atoms with Crippen LogP contribution in [0.25, 0.3) is 0 Å². The third-order valence-corrected chi connectivity index (χ3v) is 3.18. The maximum Gasteiger partial charge on any atom is 0.239 e. The van der Waals surface area contributed by atoms with E-state index in [9.17, 15) is 9.59 Å². The summed E-state index contributed by atoms with van der Waals surface area (Å²) in [7, 11) is 0. The van der Waals surface area contributed by atoms with Gasteiger partial charge in [-0.2, -0.15) is 0 Å². The number of rotatable bonds is 8. The van der Waals surface area contributed by atoms with Crippen molar-refractivity contribution in [2.45, 2.75) is 44.6 Å². The Hall–Kier alpha value is -0.850. The molecule has 118 valence electrons. The molecule has 0 saturated heterocycles. The number of carbonyl (C=O) groups is 2. The summed E-state index contributed by atoms with van der Waals surface area (Å²) in [6.45, 7) is 1.15. The highest BCUT2D eigenvalue weighted by molar-refractivity contribution is 5.85. The maximum absolute atomic E-state index is 11.3. The molecule has 1 rings (SSSR count). The van der Waals surface area contributed by atoms with Gasteiger partial charge < -0.3 is 21.1 Å². The standard InChI is InChI=1S/C13H25N3O3.ClH/c14-9-12(17)16-10-13(18)15-7-4-8-19-11-5-2-1-3-6-11;/h11H,1-10,14H2,(H,15,18)(H,16,17);1H. The summed E-state index contributed by atoms with van der Waals surface area (Å²) in [5.41, 5.74) is 5.11. The molecule has 0 heterocycles. The molecule has 0 aliphatic heterocycles. The number of hydrogen-bond acceptors (Lipinski definition) is 4. The molecule has 2 amide bonds. The van der Waals surface area contributed by atoms with Gasteiger partial charge in [0, 0.05) is 13.2 Å². The minimum Gasteiger partial charge on any atom is -0.378 e. The van der Waals surface area contributed by atoms with Crippen LogP contribution in [-0.2, 0) is 14.3 Å². The highest BCUT2D eigenvalue weighted by Gasteiger charge is 2.13. The minimum atomic E-state index is -0.323. The molecule has 0 aromatic rings. The van der Waals surface area contributed by atoms with Crippen molar-refractivity contribution in [2.75, 3.05) is 26.2 Å². The predicted molar refractivity (Wildman–Crippen MR) is 79.8 cm³/mol. The predicted octanol–water partition coefficient (Wildman–Crippen LogP) is 0.339. The third kappa shape index (κ3) is 9.12. The molecule has 0 spiro atoms. The van der Waals surface area contributed by atoms with E-state index in [4.69, 9.17) is 10.5 Å². The van der Waals surface area contributed by atoms with Gasteiger partial charge in [-0.25, -0.2) is 0 Å². The van der Waals surface area contributed by atoms with Gasteiger partial charge in [0.2, 0.25) is 11.8 Å². The Morgan fingerprint density at radius 1 is 1.10 bits per heavy atom. The lowest BCUT2D eigenvalue weighted by molar-refractivity contribution is -0.125. The fraction of sp³-hybridized carbons (Fsp3) is 0.846. The Kier molecular flexibility index (Phi) is 11.4. The van der Waals surface area contributed by atoms with Gasteiger partial charge in [-0.05, 0) is 19.3 Å². The Balaban J connectivity index is 0.00000361. The number of nitrogens with two attached hydrogens (primary N) is 1. The van der Waals surface area contributed by atoms with E-state index >= 15 is 0 Å². The van der Waals surface area contributed by atoms with Crippen molar-refractivity contribution < 1.29 is 14.3 Å². The van der Waals surface area contributed by atoms with Crippen LogP contribution >= 0.6 is 12.4 Å². The van der Waals surface area contributed by atoms with Crippen molar-refractivity contribution in [1.82, 2.24) is 10.6 Å². The van der Waals surface area contributed by atoms with Gasteiger partial charge in [0.1, 0.15) is 0 Å². The summed E-state index contributed by atoms with van der Waals surface area (Å²) < 4.78 is 5.74. The third-order valence-electron chi connectivity index (χ3n) is 3.18. The zero-order chi connectivity index (χ0) is 13.9. The molecule has 7 heteroatoms. The van der Waals surface area contributed by atoms with E-state index in [1.165, 1.54) is 19.3 Å². The van der Waals surface area contributed by atoms with Gasteiger partial charge in [0.25, 0.3) is 0 Å². The first-order chi connectivity index (χ1) is 9.22. The molecular formula is C13H26ClN3O3. The first-order valence-electron chi connectivity index (χ1n) is 7.07. The second-order valence-corrected chi connectivity index (χ2v) is 4.82. The lowest BCUT2D eigenvalue weighted by atomic mass is 9.98. The molecule has 1 aliphatic carbocycles. The van der Waals surface area contributed by atoms with Crippen molar-refractivity contribution >= 4 is 24.2 Å². The number of ether oxygens (including phenoxy) is 1. The van der Waals surface area contributed by atoms with Gasteiger partial charge in [0.15, 0.2) is 0 Å². The van der Waals surface area contributed by atoms with Crippen LogP contribution in [0.2, 0.25) is 0 Å². The second kappa shape index (κ2) is 11.9. The molecule has 6 nitrogen and oxygen atoms in total. The normalized spacial score (nSPS) is 15.2. The molecule has 1 fully saturated rings. The molecule has 0 aromatic carbocycles.